The number of ether oxygens (including phenoxy) is 3. The highest BCUT2D eigenvalue weighted by atomic mass is 32.1. The largest absolute Gasteiger partial charge is 0.497 e. The number of nitrogens with one attached hydrogen (secondary N) is 1. The second kappa shape index (κ2) is 8.09. The number of benzene rings is 2. The molecule has 6 nitrogen and oxygen atoms in total. The number of methoxy groups -OCH3 is 3. The highest BCUT2D eigenvalue weighted by Crippen LogP contribution is 2.35. The Morgan fingerprint density at radius 3 is 2.48 bits per heavy atom. The minimum absolute atomic E-state index is 0.204. The number of anilines is 1. The third-order valence-electron chi connectivity index (χ3n) is 3.96. The summed E-state index contributed by atoms with van der Waals surface area (Å²) >= 11 is 1.33. The van der Waals surface area contributed by atoms with Crippen LogP contribution in [-0.2, 0) is 0 Å². The SMILES string of the molecule is COc1cccc(NC(=O)c2sc(-c3ccc(OC)c(OC)c3)nc2C)c1. The van der Waals surface area contributed by atoms with E-state index < -0.39 is 0 Å². The molecule has 3 aromatic rings. The first-order chi connectivity index (χ1) is 13.0. The minimum Gasteiger partial charge on any atom is -0.497 e. The van der Waals surface area contributed by atoms with Gasteiger partial charge in [-0.1, -0.05) is 6.07 Å². The lowest BCUT2D eigenvalue weighted by Crippen LogP contribution is -2.11. The second-order valence-electron chi connectivity index (χ2n) is 5.69. The van der Waals surface area contributed by atoms with Gasteiger partial charge in [-0.15, -0.1) is 11.3 Å². The van der Waals surface area contributed by atoms with Crippen molar-refractivity contribution in [2.75, 3.05) is 26.6 Å². The first kappa shape index (κ1) is 18.7. The Kier molecular flexibility index (Phi) is 5.61. The molecule has 0 unspecified atom stereocenters. The summed E-state index contributed by atoms with van der Waals surface area (Å²) in [5, 5.41) is 3.63. The van der Waals surface area contributed by atoms with Crippen LogP contribution in [0, 0.1) is 6.92 Å². The summed E-state index contributed by atoms with van der Waals surface area (Å²) in [6.45, 7) is 1.82. The summed E-state index contributed by atoms with van der Waals surface area (Å²) < 4.78 is 15.8. The lowest BCUT2D eigenvalue weighted by molar-refractivity contribution is 0.103. The zero-order valence-corrected chi connectivity index (χ0v) is 16.3. The van der Waals surface area contributed by atoms with Crippen LogP contribution in [0.1, 0.15) is 15.4 Å². The summed E-state index contributed by atoms with van der Waals surface area (Å²) in [6, 6.07) is 12.8. The van der Waals surface area contributed by atoms with Gasteiger partial charge in [0, 0.05) is 17.3 Å². The number of hydrogen-bond donors (Lipinski definition) is 1. The Bertz CT molecular complexity index is 968. The van der Waals surface area contributed by atoms with Gasteiger partial charge in [-0.25, -0.2) is 4.98 Å². The molecule has 0 atom stereocenters. The van der Waals surface area contributed by atoms with Crippen molar-refractivity contribution in [3.63, 3.8) is 0 Å². The van der Waals surface area contributed by atoms with Crippen LogP contribution in [-0.4, -0.2) is 32.2 Å². The quantitative estimate of drug-likeness (QED) is 0.682. The number of amides is 1. The van der Waals surface area contributed by atoms with E-state index in [1.165, 1.54) is 11.3 Å². The van der Waals surface area contributed by atoms with E-state index in [-0.39, 0.29) is 5.91 Å². The van der Waals surface area contributed by atoms with Crippen molar-refractivity contribution in [1.82, 2.24) is 4.98 Å². The number of thiazole rings is 1. The highest BCUT2D eigenvalue weighted by Gasteiger charge is 2.17. The molecule has 1 aromatic heterocycles. The maximum atomic E-state index is 12.7. The third kappa shape index (κ3) is 4.03. The standard InChI is InChI=1S/C20H20N2O4S/c1-12-18(19(23)22-14-6-5-7-15(11-14)24-2)27-20(21-12)13-8-9-16(25-3)17(10-13)26-4/h5-11H,1-4H3,(H,22,23). The fraction of sp³-hybridized carbons (Fsp3) is 0.200. The van der Waals surface area contributed by atoms with Crippen LogP contribution >= 0.6 is 11.3 Å². The summed E-state index contributed by atoms with van der Waals surface area (Å²) in [4.78, 5) is 17.8. The topological polar surface area (TPSA) is 69.7 Å². The van der Waals surface area contributed by atoms with E-state index in [0.717, 1.165) is 10.6 Å². The number of hydrogen-bond acceptors (Lipinski definition) is 6. The normalized spacial score (nSPS) is 10.4. The second-order valence-corrected chi connectivity index (χ2v) is 6.69. The van der Waals surface area contributed by atoms with Gasteiger partial charge in [-0.05, 0) is 37.3 Å². The Labute approximate surface area is 161 Å². The van der Waals surface area contributed by atoms with Crippen LogP contribution in [0.3, 0.4) is 0 Å². The highest BCUT2D eigenvalue weighted by molar-refractivity contribution is 7.17. The van der Waals surface area contributed by atoms with Crippen molar-refractivity contribution in [2.24, 2.45) is 0 Å². The molecule has 0 saturated carbocycles. The number of aryl methyl sites for hydroxylation is 1. The zero-order valence-electron chi connectivity index (χ0n) is 15.5. The van der Waals surface area contributed by atoms with Gasteiger partial charge in [0.25, 0.3) is 5.91 Å². The Balaban J connectivity index is 1.86. The van der Waals surface area contributed by atoms with E-state index in [1.54, 1.807) is 27.4 Å². The zero-order chi connectivity index (χ0) is 19.4. The van der Waals surface area contributed by atoms with Crippen molar-refractivity contribution in [3.8, 4) is 27.8 Å². The van der Waals surface area contributed by atoms with Gasteiger partial charge < -0.3 is 19.5 Å². The Morgan fingerprint density at radius 2 is 1.78 bits per heavy atom. The van der Waals surface area contributed by atoms with E-state index in [1.807, 2.05) is 43.3 Å². The number of carbonyl (C=O) groups is 1. The summed E-state index contributed by atoms with van der Waals surface area (Å²) in [6.07, 6.45) is 0. The summed E-state index contributed by atoms with van der Waals surface area (Å²) in [7, 11) is 4.76. The van der Waals surface area contributed by atoms with Crippen molar-refractivity contribution >= 4 is 22.9 Å². The summed E-state index contributed by atoms with van der Waals surface area (Å²) in [5.74, 6) is 1.74. The molecule has 0 aliphatic heterocycles. The molecule has 0 fully saturated rings. The van der Waals surface area contributed by atoms with Crippen LogP contribution < -0.4 is 19.5 Å². The van der Waals surface area contributed by atoms with Gasteiger partial charge in [-0.2, -0.15) is 0 Å². The predicted octanol–water partition coefficient (Wildman–Crippen LogP) is 4.40. The molecule has 0 radical (unpaired) electrons. The predicted molar refractivity (Wildman–Crippen MR) is 106 cm³/mol. The van der Waals surface area contributed by atoms with E-state index >= 15 is 0 Å². The molecule has 0 bridgehead atoms. The number of rotatable bonds is 6. The lowest BCUT2D eigenvalue weighted by Gasteiger charge is -2.08. The fourth-order valence-corrected chi connectivity index (χ4v) is 3.55. The molecule has 140 valence electrons. The molecular weight excluding hydrogens is 364 g/mol. The number of aromatic nitrogens is 1. The van der Waals surface area contributed by atoms with Gasteiger partial charge >= 0.3 is 0 Å². The molecule has 0 saturated heterocycles. The van der Waals surface area contributed by atoms with Crippen molar-refractivity contribution in [2.45, 2.75) is 6.92 Å². The summed E-state index contributed by atoms with van der Waals surface area (Å²) in [5.41, 5.74) is 2.20. The van der Waals surface area contributed by atoms with Crippen molar-refractivity contribution in [3.05, 3.63) is 53.0 Å². The maximum absolute atomic E-state index is 12.7. The van der Waals surface area contributed by atoms with E-state index in [9.17, 15) is 4.79 Å². The molecule has 1 heterocycles. The molecule has 0 spiro atoms. The molecule has 7 heteroatoms. The van der Waals surface area contributed by atoms with Gasteiger partial charge in [0.05, 0.1) is 27.0 Å². The molecule has 1 N–H and O–H groups in total. The smallest absolute Gasteiger partial charge is 0.267 e. The lowest BCUT2D eigenvalue weighted by atomic mass is 10.2. The van der Waals surface area contributed by atoms with E-state index in [4.69, 9.17) is 14.2 Å². The van der Waals surface area contributed by atoms with E-state index in [0.29, 0.717) is 33.5 Å². The average Bonchev–Trinajstić information content (AvgIpc) is 3.09. The Hall–Kier alpha value is -3.06. The molecule has 2 aromatic carbocycles. The van der Waals surface area contributed by atoms with Crippen LogP contribution in [0.25, 0.3) is 10.6 Å². The molecule has 0 aliphatic rings. The van der Waals surface area contributed by atoms with Gasteiger partial charge in [0.2, 0.25) is 0 Å². The third-order valence-corrected chi connectivity index (χ3v) is 5.17. The van der Waals surface area contributed by atoms with E-state index in [2.05, 4.69) is 10.3 Å². The monoisotopic (exact) mass is 384 g/mol. The molecule has 0 aliphatic carbocycles. The molecular formula is C20H20N2O4S. The average molecular weight is 384 g/mol. The van der Waals surface area contributed by atoms with Crippen LogP contribution in [0.4, 0.5) is 5.69 Å². The minimum atomic E-state index is -0.204. The first-order valence-corrected chi connectivity index (χ1v) is 9.02. The van der Waals surface area contributed by atoms with Gasteiger partial charge in [0.1, 0.15) is 15.6 Å². The molecule has 3 rings (SSSR count). The molecule has 1 amide bonds. The fourth-order valence-electron chi connectivity index (χ4n) is 2.59. The molecule has 27 heavy (non-hydrogen) atoms. The number of nitrogens with zero attached hydrogens (tertiary/aromatic N) is 1. The first-order valence-electron chi connectivity index (χ1n) is 8.21. The van der Waals surface area contributed by atoms with Crippen molar-refractivity contribution in [1.29, 1.82) is 0 Å². The van der Waals surface area contributed by atoms with Crippen LogP contribution in [0.15, 0.2) is 42.5 Å². The van der Waals surface area contributed by atoms with Gasteiger partial charge in [0.15, 0.2) is 11.5 Å². The van der Waals surface area contributed by atoms with Crippen molar-refractivity contribution < 1.29 is 19.0 Å². The van der Waals surface area contributed by atoms with Gasteiger partial charge in [-0.3, -0.25) is 4.79 Å². The van der Waals surface area contributed by atoms with Crippen LogP contribution in [0.2, 0.25) is 0 Å². The number of carbonyl (C=O) groups excluding carboxylic acids is 1. The maximum Gasteiger partial charge on any atom is 0.267 e. The van der Waals surface area contributed by atoms with Crippen LogP contribution in [0.5, 0.6) is 17.2 Å². The Morgan fingerprint density at radius 1 is 1.00 bits per heavy atom.